The number of carbonyl (C=O) groups excluding carboxylic acids is 2. The molecule has 2 aromatic rings. The van der Waals surface area contributed by atoms with Crippen molar-refractivity contribution >= 4 is 29.0 Å². The summed E-state index contributed by atoms with van der Waals surface area (Å²) in [6.45, 7) is 0. The highest BCUT2D eigenvalue weighted by Gasteiger charge is 2.30. The minimum atomic E-state index is -0.781. The third kappa shape index (κ3) is 2.66. The second-order valence-corrected chi connectivity index (χ2v) is 5.34. The Kier molecular flexibility index (Phi) is 3.80. The summed E-state index contributed by atoms with van der Waals surface area (Å²) in [6, 6.07) is 12.3. The molecule has 3 rings (SSSR count). The number of amides is 2. The first-order valence-electron chi connectivity index (χ1n) is 6.74. The van der Waals surface area contributed by atoms with Crippen molar-refractivity contribution in [1.82, 2.24) is 5.32 Å². The van der Waals surface area contributed by atoms with E-state index in [1.807, 2.05) is 11.4 Å². The Bertz CT molecular complexity index is 840. The number of halogens is 1. The Hall–Kier alpha value is -2.79. The number of methoxy groups -OCH3 is 1. The molecule has 1 aliphatic heterocycles. The molecule has 0 fully saturated rings. The molecule has 116 valence electrons. The molecular formula is C17H12ClNO4. The molecule has 0 radical (unpaired) electrons. The zero-order valence-corrected chi connectivity index (χ0v) is 12.8. The van der Waals surface area contributed by atoms with Crippen LogP contribution in [0, 0.1) is 0 Å². The molecule has 0 atom stereocenters. The van der Waals surface area contributed by atoms with Gasteiger partial charge in [0, 0.05) is 0 Å². The minimum Gasteiger partial charge on any atom is -0.502 e. The lowest BCUT2D eigenvalue weighted by Crippen LogP contribution is -2.22. The van der Waals surface area contributed by atoms with Gasteiger partial charge in [0.05, 0.1) is 17.7 Å². The number of hydrogen-bond acceptors (Lipinski definition) is 4. The first-order chi connectivity index (χ1) is 11.0. The Morgan fingerprint density at radius 2 is 1.57 bits per heavy atom. The highest BCUT2D eigenvalue weighted by Crippen LogP contribution is 2.31. The average molecular weight is 330 g/mol. The maximum atomic E-state index is 11.7. The van der Waals surface area contributed by atoms with Crippen LogP contribution in [0.2, 0.25) is 5.02 Å². The Balaban J connectivity index is 1.96. The zero-order valence-electron chi connectivity index (χ0n) is 12.1. The van der Waals surface area contributed by atoms with E-state index < -0.39 is 17.6 Å². The van der Waals surface area contributed by atoms with Crippen molar-refractivity contribution in [2.24, 2.45) is 0 Å². The number of carbonyl (C=O) groups is 2. The van der Waals surface area contributed by atoms with Crippen LogP contribution in [0.4, 0.5) is 0 Å². The normalized spacial score (nSPS) is 14.2. The summed E-state index contributed by atoms with van der Waals surface area (Å²) in [4.78, 5) is 23.0. The van der Waals surface area contributed by atoms with Crippen molar-refractivity contribution in [2.75, 3.05) is 7.11 Å². The molecule has 2 aromatic carbocycles. The molecule has 5 nitrogen and oxygen atoms in total. The van der Waals surface area contributed by atoms with Crippen molar-refractivity contribution in [3.63, 3.8) is 0 Å². The zero-order chi connectivity index (χ0) is 16.6. The monoisotopic (exact) mass is 329 g/mol. The van der Waals surface area contributed by atoms with E-state index in [-0.39, 0.29) is 5.57 Å². The molecule has 1 heterocycles. The highest BCUT2D eigenvalue weighted by atomic mass is 35.5. The number of aliphatic hydroxyl groups excluding tert-OH is 1. The van der Waals surface area contributed by atoms with Gasteiger partial charge in [0.1, 0.15) is 5.75 Å². The van der Waals surface area contributed by atoms with Gasteiger partial charge in [0.25, 0.3) is 11.8 Å². The number of rotatable bonds is 3. The first kappa shape index (κ1) is 15.1. The van der Waals surface area contributed by atoms with E-state index in [4.69, 9.17) is 16.3 Å². The van der Waals surface area contributed by atoms with Gasteiger partial charge in [-0.15, -0.1) is 0 Å². The number of hydrogen-bond donors (Lipinski definition) is 2. The van der Waals surface area contributed by atoms with Crippen LogP contribution in [0.5, 0.6) is 5.75 Å². The van der Waals surface area contributed by atoms with E-state index in [2.05, 4.69) is 0 Å². The van der Waals surface area contributed by atoms with Gasteiger partial charge in [-0.3, -0.25) is 14.9 Å². The third-order valence-corrected chi connectivity index (χ3v) is 3.86. The van der Waals surface area contributed by atoms with Gasteiger partial charge in [-0.2, -0.15) is 0 Å². The van der Waals surface area contributed by atoms with E-state index in [1.165, 1.54) is 0 Å². The molecular weight excluding hydrogens is 318 g/mol. The number of ether oxygens (including phenoxy) is 1. The lowest BCUT2D eigenvalue weighted by atomic mass is 10.00. The molecule has 1 aliphatic rings. The van der Waals surface area contributed by atoms with Crippen molar-refractivity contribution in [3.8, 4) is 16.9 Å². The van der Waals surface area contributed by atoms with Crippen molar-refractivity contribution < 1.29 is 19.4 Å². The summed E-state index contributed by atoms with van der Waals surface area (Å²) < 4.78 is 5.11. The van der Waals surface area contributed by atoms with Gasteiger partial charge < -0.3 is 9.84 Å². The summed E-state index contributed by atoms with van der Waals surface area (Å²) in [5.74, 6) is -1.36. The molecule has 2 amide bonds. The fourth-order valence-electron chi connectivity index (χ4n) is 2.39. The molecule has 0 aromatic heterocycles. The van der Waals surface area contributed by atoms with Crippen molar-refractivity contribution in [2.45, 2.75) is 0 Å². The largest absolute Gasteiger partial charge is 0.502 e. The molecule has 0 unspecified atom stereocenters. The summed E-state index contributed by atoms with van der Waals surface area (Å²) in [5, 5.41) is 12.2. The van der Waals surface area contributed by atoms with Crippen molar-refractivity contribution in [3.05, 3.63) is 58.8 Å². The topological polar surface area (TPSA) is 75.6 Å². The molecule has 23 heavy (non-hydrogen) atoms. The maximum absolute atomic E-state index is 11.7. The van der Waals surface area contributed by atoms with Crippen LogP contribution >= 0.6 is 11.6 Å². The maximum Gasteiger partial charge on any atom is 0.293 e. The van der Waals surface area contributed by atoms with Crippen LogP contribution in [0.25, 0.3) is 16.7 Å². The van der Waals surface area contributed by atoms with Crippen LogP contribution in [0.3, 0.4) is 0 Å². The molecule has 0 spiro atoms. The quantitative estimate of drug-likeness (QED) is 0.849. The molecule has 2 N–H and O–H groups in total. The van der Waals surface area contributed by atoms with Gasteiger partial charge in [0.2, 0.25) is 0 Å². The van der Waals surface area contributed by atoms with Gasteiger partial charge in [-0.25, -0.2) is 0 Å². The lowest BCUT2D eigenvalue weighted by molar-refractivity contribution is -0.124. The average Bonchev–Trinajstić information content (AvgIpc) is 2.80. The SMILES string of the molecule is COc1ccc(-c2ccc(C3=C(O)C(=O)NC3=O)cc2)cc1Cl. The highest BCUT2D eigenvalue weighted by molar-refractivity contribution is 6.35. The van der Waals surface area contributed by atoms with Crippen LogP contribution in [0.1, 0.15) is 5.56 Å². The van der Waals surface area contributed by atoms with Crippen LogP contribution in [0.15, 0.2) is 48.2 Å². The van der Waals surface area contributed by atoms with Gasteiger partial charge in [-0.1, -0.05) is 41.9 Å². The second-order valence-electron chi connectivity index (χ2n) is 4.93. The Morgan fingerprint density at radius 1 is 0.957 bits per heavy atom. The second kappa shape index (κ2) is 5.78. The fourth-order valence-corrected chi connectivity index (χ4v) is 2.65. The molecule has 0 saturated carbocycles. The number of aliphatic hydroxyl groups is 1. The Morgan fingerprint density at radius 3 is 2.09 bits per heavy atom. The number of nitrogens with one attached hydrogen (secondary N) is 1. The lowest BCUT2D eigenvalue weighted by Gasteiger charge is -2.07. The molecule has 0 saturated heterocycles. The van der Waals surface area contributed by atoms with Gasteiger partial charge in [-0.05, 0) is 28.8 Å². The van der Waals surface area contributed by atoms with Crippen LogP contribution in [-0.2, 0) is 9.59 Å². The predicted molar refractivity (Wildman–Crippen MR) is 86.1 cm³/mol. The van der Waals surface area contributed by atoms with Crippen LogP contribution < -0.4 is 10.1 Å². The summed E-state index contributed by atoms with van der Waals surface area (Å²) in [7, 11) is 1.55. The van der Waals surface area contributed by atoms with E-state index >= 15 is 0 Å². The summed E-state index contributed by atoms with van der Waals surface area (Å²) >= 11 is 6.11. The first-order valence-corrected chi connectivity index (χ1v) is 7.12. The van der Waals surface area contributed by atoms with E-state index in [0.717, 1.165) is 11.1 Å². The van der Waals surface area contributed by atoms with E-state index in [0.29, 0.717) is 16.3 Å². The smallest absolute Gasteiger partial charge is 0.293 e. The van der Waals surface area contributed by atoms with Gasteiger partial charge in [0.15, 0.2) is 5.76 Å². The fraction of sp³-hybridized carbons (Fsp3) is 0.0588. The predicted octanol–water partition coefficient (Wildman–Crippen LogP) is 2.94. The Labute approximate surface area is 137 Å². The van der Waals surface area contributed by atoms with Gasteiger partial charge >= 0.3 is 0 Å². The minimum absolute atomic E-state index is 0.0192. The van der Waals surface area contributed by atoms with E-state index in [9.17, 15) is 14.7 Å². The third-order valence-electron chi connectivity index (χ3n) is 3.56. The molecule has 6 heteroatoms. The summed E-state index contributed by atoms with van der Waals surface area (Å²) in [5.41, 5.74) is 2.21. The number of imide groups is 1. The summed E-state index contributed by atoms with van der Waals surface area (Å²) in [6.07, 6.45) is 0. The van der Waals surface area contributed by atoms with Crippen molar-refractivity contribution in [1.29, 1.82) is 0 Å². The van der Waals surface area contributed by atoms with E-state index in [1.54, 1.807) is 43.5 Å². The standard InChI is InChI=1S/C17H12ClNO4/c1-23-13-7-6-11(8-12(13)18)9-2-4-10(5-3-9)14-15(20)17(22)19-16(14)21/h2-8H,1H3,(H2,19,20,21,22). The molecule has 0 bridgehead atoms. The van der Waals surface area contributed by atoms with Crippen LogP contribution in [-0.4, -0.2) is 24.0 Å². The number of benzene rings is 2. The molecule has 0 aliphatic carbocycles.